The Bertz CT molecular complexity index is 553. The topological polar surface area (TPSA) is 154 Å². The van der Waals surface area contributed by atoms with Gasteiger partial charge < -0.3 is 31.7 Å². The van der Waals surface area contributed by atoms with Gasteiger partial charge in [-0.1, -0.05) is 13.8 Å². The van der Waals surface area contributed by atoms with E-state index in [2.05, 4.69) is 16.0 Å². The van der Waals surface area contributed by atoms with Crippen molar-refractivity contribution >= 4 is 23.6 Å². The number of carbonyl (C=O) groups excluding carboxylic acids is 4. The first-order valence-electron chi connectivity index (χ1n) is 9.93. The lowest BCUT2D eigenvalue weighted by atomic mass is 10.0. The largest absolute Gasteiger partial charge is 0.394 e. The molecule has 3 atom stereocenters. The monoisotopic (exact) mass is 415 g/mol. The third-order valence-corrected chi connectivity index (χ3v) is 4.22. The number of hydrogen-bond acceptors (Lipinski definition) is 6. The molecule has 0 saturated carbocycles. The molecule has 0 fully saturated rings. The van der Waals surface area contributed by atoms with Gasteiger partial charge in [0.1, 0.15) is 18.1 Å². The number of unbranched alkanes of at least 4 members (excludes halogenated alkanes) is 1. The maximum Gasteiger partial charge on any atom is 0.245 e. The fourth-order valence-electron chi connectivity index (χ4n) is 2.75. The molecule has 0 radical (unpaired) electrons. The number of amides is 4. The van der Waals surface area contributed by atoms with Crippen molar-refractivity contribution in [1.29, 1.82) is 0 Å². The van der Waals surface area contributed by atoms with Crippen molar-refractivity contribution in [2.45, 2.75) is 64.6 Å². The van der Waals surface area contributed by atoms with Crippen molar-refractivity contribution in [2.24, 2.45) is 11.7 Å². The van der Waals surface area contributed by atoms with E-state index in [9.17, 15) is 24.3 Å². The van der Waals surface area contributed by atoms with Crippen LogP contribution < -0.4 is 21.7 Å². The predicted molar refractivity (Wildman–Crippen MR) is 110 cm³/mol. The highest BCUT2D eigenvalue weighted by Crippen LogP contribution is 2.09. The summed E-state index contributed by atoms with van der Waals surface area (Å²) in [6, 6.07) is -2.79. The first-order chi connectivity index (χ1) is 13.5. The van der Waals surface area contributed by atoms with Crippen LogP contribution in [0.4, 0.5) is 0 Å². The molecule has 0 rings (SSSR count). The number of nitrogens with two attached hydrogens (primary N) is 1. The van der Waals surface area contributed by atoms with Crippen LogP contribution in [0, 0.1) is 5.92 Å². The number of nitrogens with zero attached hydrogens (tertiary/aromatic N) is 1. The first kappa shape index (κ1) is 26.8. The van der Waals surface area contributed by atoms with Gasteiger partial charge in [-0.15, -0.1) is 0 Å². The van der Waals surface area contributed by atoms with E-state index in [4.69, 9.17) is 5.73 Å². The van der Waals surface area contributed by atoms with E-state index in [1.54, 1.807) is 14.1 Å². The molecular formula is C19H37N5O5. The smallest absolute Gasteiger partial charge is 0.245 e. The third kappa shape index (κ3) is 10.8. The molecule has 4 amide bonds. The van der Waals surface area contributed by atoms with Gasteiger partial charge in [0.2, 0.25) is 23.6 Å². The number of aliphatic hydroxyl groups excluding tert-OH is 1. The van der Waals surface area contributed by atoms with E-state index in [1.165, 1.54) is 11.8 Å². The zero-order valence-corrected chi connectivity index (χ0v) is 18.2. The summed E-state index contributed by atoms with van der Waals surface area (Å²) in [5.41, 5.74) is 5.51. The molecule has 0 aliphatic carbocycles. The summed E-state index contributed by atoms with van der Waals surface area (Å²) < 4.78 is 0. The quantitative estimate of drug-likeness (QED) is 0.236. The Balaban J connectivity index is 5.33. The van der Waals surface area contributed by atoms with Crippen molar-refractivity contribution in [1.82, 2.24) is 20.9 Å². The van der Waals surface area contributed by atoms with Gasteiger partial charge in [-0.2, -0.15) is 0 Å². The summed E-state index contributed by atoms with van der Waals surface area (Å²) in [6.45, 7) is 4.97. The normalized spacial score (nSPS) is 13.9. The van der Waals surface area contributed by atoms with Gasteiger partial charge in [0, 0.05) is 21.0 Å². The van der Waals surface area contributed by atoms with Crippen molar-refractivity contribution in [3.8, 4) is 0 Å². The summed E-state index contributed by atoms with van der Waals surface area (Å²) in [5, 5.41) is 17.0. The molecule has 0 aliphatic rings. The Hall–Kier alpha value is -2.20. The maximum absolute atomic E-state index is 12.8. The highest BCUT2D eigenvalue weighted by atomic mass is 16.3. The van der Waals surface area contributed by atoms with E-state index < -0.39 is 42.5 Å². The zero-order chi connectivity index (χ0) is 22.6. The molecule has 168 valence electrons. The van der Waals surface area contributed by atoms with Crippen LogP contribution in [0.1, 0.15) is 46.5 Å². The molecule has 0 saturated heterocycles. The predicted octanol–water partition coefficient (Wildman–Crippen LogP) is -1.28. The number of carbonyl (C=O) groups is 4. The molecule has 0 heterocycles. The van der Waals surface area contributed by atoms with E-state index in [0.29, 0.717) is 32.2 Å². The standard InChI is InChI=1S/C19H37N5O5/c1-12(2)10-15(19(29)24(4)5)23-17(27)14(8-6-7-9-20)22-18(28)16(11-25)21-13(3)26/h12,14-16,25H,6-11,20H2,1-5H3,(H,21,26)(H,22,28)(H,23,27)/t14-,15-,16-/m0/s1. The Morgan fingerprint density at radius 1 is 0.931 bits per heavy atom. The van der Waals surface area contributed by atoms with Crippen LogP contribution in [-0.4, -0.2) is 79.0 Å². The van der Waals surface area contributed by atoms with Gasteiger partial charge in [0.05, 0.1) is 6.61 Å². The molecule has 0 aromatic heterocycles. The van der Waals surface area contributed by atoms with Gasteiger partial charge in [-0.25, -0.2) is 0 Å². The number of aliphatic hydroxyl groups is 1. The average molecular weight is 416 g/mol. The second-order valence-electron chi connectivity index (χ2n) is 7.70. The maximum atomic E-state index is 12.8. The SMILES string of the molecule is CC(=O)N[C@@H](CO)C(=O)N[C@@H](CCCCN)C(=O)N[C@@H](CC(C)C)C(=O)N(C)C. The molecule has 6 N–H and O–H groups in total. The van der Waals surface area contributed by atoms with Gasteiger partial charge in [0.25, 0.3) is 0 Å². The van der Waals surface area contributed by atoms with E-state index in [1.807, 2.05) is 13.8 Å². The average Bonchev–Trinajstić information content (AvgIpc) is 2.63. The van der Waals surface area contributed by atoms with Crippen molar-refractivity contribution < 1.29 is 24.3 Å². The minimum atomic E-state index is -1.16. The van der Waals surface area contributed by atoms with Crippen LogP contribution in [0.5, 0.6) is 0 Å². The number of hydrogen-bond donors (Lipinski definition) is 5. The molecule has 10 heteroatoms. The van der Waals surface area contributed by atoms with Crippen LogP contribution >= 0.6 is 0 Å². The van der Waals surface area contributed by atoms with Crippen molar-refractivity contribution in [3.05, 3.63) is 0 Å². The molecule has 0 aliphatic heterocycles. The van der Waals surface area contributed by atoms with Crippen LogP contribution in [-0.2, 0) is 19.2 Å². The molecule has 0 aromatic carbocycles. The lowest BCUT2D eigenvalue weighted by molar-refractivity contribution is -0.136. The van der Waals surface area contributed by atoms with E-state index >= 15 is 0 Å². The summed E-state index contributed by atoms with van der Waals surface area (Å²) in [5.74, 6) is -1.69. The van der Waals surface area contributed by atoms with Crippen LogP contribution in [0.3, 0.4) is 0 Å². The fourth-order valence-corrected chi connectivity index (χ4v) is 2.75. The third-order valence-electron chi connectivity index (χ3n) is 4.22. The molecule has 0 spiro atoms. The highest BCUT2D eigenvalue weighted by molar-refractivity contribution is 5.94. The van der Waals surface area contributed by atoms with Crippen LogP contribution in [0.25, 0.3) is 0 Å². The summed E-state index contributed by atoms with van der Waals surface area (Å²) in [4.78, 5) is 50.3. The summed E-state index contributed by atoms with van der Waals surface area (Å²) >= 11 is 0. The van der Waals surface area contributed by atoms with E-state index in [-0.39, 0.29) is 11.8 Å². The molecular weight excluding hydrogens is 378 g/mol. The molecule has 0 aromatic rings. The van der Waals surface area contributed by atoms with Crippen LogP contribution in [0.2, 0.25) is 0 Å². The lowest BCUT2D eigenvalue weighted by Gasteiger charge is -2.27. The Kier molecular flexibility index (Phi) is 12.8. The zero-order valence-electron chi connectivity index (χ0n) is 18.2. The Labute approximate surface area is 172 Å². The molecule has 0 unspecified atom stereocenters. The van der Waals surface area contributed by atoms with Crippen LogP contribution in [0.15, 0.2) is 0 Å². The van der Waals surface area contributed by atoms with Crippen molar-refractivity contribution in [2.75, 3.05) is 27.2 Å². The van der Waals surface area contributed by atoms with Crippen molar-refractivity contribution in [3.63, 3.8) is 0 Å². The molecule has 10 nitrogen and oxygen atoms in total. The lowest BCUT2D eigenvalue weighted by Crippen LogP contribution is -2.57. The second kappa shape index (κ2) is 13.9. The minimum Gasteiger partial charge on any atom is -0.394 e. The molecule has 0 bridgehead atoms. The summed E-state index contributed by atoms with van der Waals surface area (Å²) in [6.07, 6.45) is 2.03. The number of likely N-dealkylation sites (N-methyl/N-ethyl adjacent to an activating group) is 1. The Morgan fingerprint density at radius 3 is 1.93 bits per heavy atom. The number of nitrogens with one attached hydrogen (secondary N) is 3. The minimum absolute atomic E-state index is 0.174. The van der Waals surface area contributed by atoms with Gasteiger partial charge in [-0.05, 0) is 38.1 Å². The van der Waals surface area contributed by atoms with Gasteiger partial charge in [0.15, 0.2) is 0 Å². The van der Waals surface area contributed by atoms with Gasteiger partial charge in [-0.3, -0.25) is 19.2 Å². The Morgan fingerprint density at radius 2 is 1.48 bits per heavy atom. The highest BCUT2D eigenvalue weighted by Gasteiger charge is 2.29. The molecule has 29 heavy (non-hydrogen) atoms. The summed E-state index contributed by atoms with van der Waals surface area (Å²) in [7, 11) is 3.23. The van der Waals surface area contributed by atoms with Gasteiger partial charge >= 0.3 is 0 Å². The van der Waals surface area contributed by atoms with E-state index in [0.717, 1.165) is 0 Å². The fraction of sp³-hybridized carbons (Fsp3) is 0.789. The first-order valence-corrected chi connectivity index (χ1v) is 9.93. The number of rotatable bonds is 13. The second-order valence-corrected chi connectivity index (χ2v) is 7.70.